The van der Waals surface area contributed by atoms with E-state index in [0.717, 1.165) is 16.7 Å². The first-order valence-electron chi connectivity index (χ1n) is 3.84. The minimum absolute atomic E-state index is 0. The fourth-order valence-corrected chi connectivity index (χ4v) is 1.19. The van der Waals surface area contributed by atoms with E-state index in [9.17, 15) is 4.79 Å². The van der Waals surface area contributed by atoms with Crippen LogP contribution >= 0.6 is 0 Å². The minimum atomic E-state index is -0.851. The van der Waals surface area contributed by atoms with Gasteiger partial charge < -0.3 is 5.11 Å². The van der Waals surface area contributed by atoms with Gasteiger partial charge in [0.05, 0.1) is 5.56 Å². The second-order valence-electron chi connectivity index (χ2n) is 2.99. The summed E-state index contributed by atoms with van der Waals surface area (Å²) in [5, 5.41) is 8.78. The number of benzene rings is 1. The molecule has 1 aromatic rings. The normalized spacial score (nSPS) is 9.15. The van der Waals surface area contributed by atoms with Crippen molar-refractivity contribution in [2.24, 2.45) is 0 Å². The van der Waals surface area contributed by atoms with Crippen LogP contribution in [0.15, 0.2) is 12.1 Å². The summed E-state index contributed by atoms with van der Waals surface area (Å²) in [5.41, 5.74) is 3.47. The Labute approximate surface area is 98.1 Å². The molecule has 0 spiro atoms. The summed E-state index contributed by atoms with van der Waals surface area (Å²) in [6.07, 6.45) is 0. The van der Waals surface area contributed by atoms with Gasteiger partial charge >= 0.3 is 5.97 Å². The Kier molecular flexibility index (Phi) is 4.60. The predicted octanol–water partition coefficient (Wildman–Crippen LogP) is 2.31. The van der Waals surface area contributed by atoms with Crippen molar-refractivity contribution in [3.05, 3.63) is 34.4 Å². The van der Waals surface area contributed by atoms with Crippen LogP contribution in [-0.2, 0) is 27.3 Å². The fourth-order valence-electron chi connectivity index (χ4n) is 1.19. The molecule has 2 nitrogen and oxygen atoms in total. The Morgan fingerprint density at radius 3 is 2.15 bits per heavy atom. The molecule has 1 rings (SSSR count). The molecule has 0 aliphatic rings. The Balaban J connectivity index is 0.00000144. The van der Waals surface area contributed by atoms with Crippen LogP contribution in [0, 0.1) is 20.8 Å². The molecule has 1 N–H and O–H groups in total. The summed E-state index contributed by atoms with van der Waals surface area (Å²) in [6, 6.07) is 3.49. The molecule has 0 saturated heterocycles. The van der Waals surface area contributed by atoms with Crippen LogP contribution in [-0.4, -0.2) is 11.1 Å². The van der Waals surface area contributed by atoms with Crippen molar-refractivity contribution in [2.75, 3.05) is 0 Å². The molecular formula is C10H12CdO2. The van der Waals surface area contributed by atoms with Gasteiger partial charge in [0, 0.05) is 27.3 Å². The summed E-state index contributed by atoms with van der Waals surface area (Å²) in [7, 11) is 0. The van der Waals surface area contributed by atoms with Crippen LogP contribution < -0.4 is 0 Å². The molecule has 13 heavy (non-hydrogen) atoms. The van der Waals surface area contributed by atoms with Gasteiger partial charge in [0.1, 0.15) is 0 Å². The second kappa shape index (κ2) is 4.74. The van der Waals surface area contributed by atoms with Gasteiger partial charge in [0.25, 0.3) is 0 Å². The molecule has 0 saturated carbocycles. The van der Waals surface area contributed by atoms with E-state index in [-0.39, 0.29) is 27.3 Å². The van der Waals surface area contributed by atoms with Crippen molar-refractivity contribution in [1.82, 2.24) is 0 Å². The van der Waals surface area contributed by atoms with Gasteiger partial charge in [-0.1, -0.05) is 6.07 Å². The van der Waals surface area contributed by atoms with Crippen molar-refractivity contribution in [3.63, 3.8) is 0 Å². The molecule has 1 aromatic carbocycles. The first kappa shape index (κ1) is 12.6. The third kappa shape index (κ3) is 2.53. The molecule has 0 fully saturated rings. The second-order valence-corrected chi connectivity index (χ2v) is 2.99. The maximum Gasteiger partial charge on any atom is 0.335 e. The Morgan fingerprint density at radius 1 is 1.15 bits per heavy atom. The Morgan fingerprint density at radius 2 is 1.69 bits per heavy atom. The number of carbonyl (C=O) groups is 1. The maximum absolute atomic E-state index is 10.7. The number of carboxylic acid groups (broad SMARTS) is 1. The summed E-state index contributed by atoms with van der Waals surface area (Å²) in [5.74, 6) is -0.851. The van der Waals surface area contributed by atoms with E-state index in [4.69, 9.17) is 5.11 Å². The van der Waals surface area contributed by atoms with E-state index in [1.807, 2.05) is 26.8 Å². The number of hydrogen-bond acceptors (Lipinski definition) is 1. The molecular weight excluding hydrogens is 265 g/mol. The third-order valence-corrected chi connectivity index (χ3v) is 2.29. The van der Waals surface area contributed by atoms with E-state index >= 15 is 0 Å². The number of carboxylic acids is 1. The van der Waals surface area contributed by atoms with Gasteiger partial charge in [-0.3, -0.25) is 0 Å². The van der Waals surface area contributed by atoms with E-state index in [1.54, 1.807) is 6.07 Å². The van der Waals surface area contributed by atoms with E-state index in [1.165, 1.54) is 0 Å². The van der Waals surface area contributed by atoms with Crippen molar-refractivity contribution in [3.8, 4) is 0 Å². The molecule has 66 valence electrons. The molecule has 0 aliphatic carbocycles. The van der Waals surface area contributed by atoms with Crippen LogP contribution in [0.1, 0.15) is 27.0 Å². The minimum Gasteiger partial charge on any atom is -0.478 e. The molecule has 3 heteroatoms. The molecule has 0 radical (unpaired) electrons. The molecule has 0 unspecified atom stereocenters. The maximum atomic E-state index is 10.7. The summed E-state index contributed by atoms with van der Waals surface area (Å²) in [6.45, 7) is 5.76. The molecule has 0 aromatic heterocycles. The first-order valence-corrected chi connectivity index (χ1v) is 3.84. The molecule has 0 bridgehead atoms. The van der Waals surface area contributed by atoms with Gasteiger partial charge in [-0.15, -0.1) is 0 Å². The number of aryl methyl sites for hydroxylation is 1. The Hall–Kier alpha value is -0.388. The number of aromatic carboxylic acids is 1. The van der Waals surface area contributed by atoms with Gasteiger partial charge in [-0.2, -0.15) is 0 Å². The number of rotatable bonds is 1. The Bertz CT molecular complexity index is 332. The van der Waals surface area contributed by atoms with E-state index in [0.29, 0.717) is 5.56 Å². The average Bonchev–Trinajstić information content (AvgIpc) is 2.00. The van der Waals surface area contributed by atoms with Crippen molar-refractivity contribution < 1.29 is 37.2 Å². The largest absolute Gasteiger partial charge is 0.478 e. The molecule has 0 amide bonds. The van der Waals surface area contributed by atoms with Crippen LogP contribution in [0.3, 0.4) is 0 Å². The van der Waals surface area contributed by atoms with Crippen molar-refractivity contribution in [1.29, 1.82) is 0 Å². The predicted molar refractivity (Wildman–Crippen MR) is 47.6 cm³/mol. The fraction of sp³-hybridized carbons (Fsp3) is 0.300. The van der Waals surface area contributed by atoms with Gasteiger partial charge in [0.2, 0.25) is 0 Å². The zero-order valence-electron chi connectivity index (χ0n) is 8.22. The standard InChI is InChI=1S/C10H12O2.Cd/c1-6-4-5-9(10(11)12)8(3)7(6)2;/h4-5H,1-3H3,(H,11,12);. The summed E-state index contributed by atoms with van der Waals surface area (Å²) < 4.78 is 0. The van der Waals surface area contributed by atoms with E-state index < -0.39 is 5.97 Å². The summed E-state index contributed by atoms with van der Waals surface area (Å²) >= 11 is 0. The third-order valence-electron chi connectivity index (χ3n) is 2.29. The molecule has 0 atom stereocenters. The zero-order chi connectivity index (χ0) is 9.30. The van der Waals surface area contributed by atoms with Gasteiger partial charge in [-0.05, 0) is 43.5 Å². The first-order chi connectivity index (χ1) is 5.54. The molecule has 0 heterocycles. The van der Waals surface area contributed by atoms with Crippen LogP contribution in [0.2, 0.25) is 0 Å². The van der Waals surface area contributed by atoms with Crippen LogP contribution in [0.5, 0.6) is 0 Å². The number of hydrogen-bond donors (Lipinski definition) is 1. The van der Waals surface area contributed by atoms with Gasteiger partial charge in [-0.25, -0.2) is 4.79 Å². The topological polar surface area (TPSA) is 37.3 Å². The molecule has 0 aliphatic heterocycles. The van der Waals surface area contributed by atoms with Crippen molar-refractivity contribution in [2.45, 2.75) is 20.8 Å². The van der Waals surface area contributed by atoms with Crippen LogP contribution in [0.4, 0.5) is 0 Å². The average molecular weight is 277 g/mol. The summed E-state index contributed by atoms with van der Waals surface area (Å²) in [4.78, 5) is 10.7. The van der Waals surface area contributed by atoms with Gasteiger partial charge in [0.15, 0.2) is 0 Å². The van der Waals surface area contributed by atoms with E-state index in [2.05, 4.69) is 0 Å². The SMILES string of the molecule is Cc1ccc(C(=O)O)c(C)c1C.[Cd]. The quantitative estimate of drug-likeness (QED) is 0.799. The smallest absolute Gasteiger partial charge is 0.335 e. The monoisotopic (exact) mass is 278 g/mol. The van der Waals surface area contributed by atoms with Crippen molar-refractivity contribution >= 4 is 5.97 Å². The zero-order valence-corrected chi connectivity index (χ0v) is 12.3. The van der Waals surface area contributed by atoms with Crippen LogP contribution in [0.25, 0.3) is 0 Å².